The molecule has 0 aromatic heterocycles. The van der Waals surface area contributed by atoms with Gasteiger partial charge in [-0.1, -0.05) is 18.2 Å². The number of rotatable bonds is 3. The van der Waals surface area contributed by atoms with Crippen LogP contribution in [-0.4, -0.2) is 25.2 Å². The maximum atomic E-state index is 13.8. The van der Waals surface area contributed by atoms with E-state index in [1.54, 1.807) is 12.1 Å². The van der Waals surface area contributed by atoms with E-state index in [-0.39, 0.29) is 5.82 Å². The number of nitrogens with one attached hydrogen (secondary N) is 2. The maximum absolute atomic E-state index is 13.8. The highest BCUT2D eigenvalue weighted by molar-refractivity contribution is 5.22. The predicted molar refractivity (Wildman–Crippen MR) is 75.8 cm³/mol. The Hall–Kier alpha value is -0.930. The summed E-state index contributed by atoms with van der Waals surface area (Å²) in [5.41, 5.74) is 0.920. The molecule has 0 spiro atoms. The fourth-order valence-electron chi connectivity index (χ4n) is 3.51. The van der Waals surface area contributed by atoms with Crippen molar-refractivity contribution in [3.8, 4) is 0 Å². The van der Waals surface area contributed by atoms with E-state index in [0.717, 1.165) is 31.5 Å². The molecule has 1 heterocycles. The molecule has 3 heteroatoms. The van der Waals surface area contributed by atoms with Crippen molar-refractivity contribution in [3.05, 3.63) is 35.6 Å². The number of hydrogen-bond acceptors (Lipinski definition) is 2. The molecular formula is C16H23FN2. The van der Waals surface area contributed by atoms with Gasteiger partial charge in [0, 0.05) is 18.6 Å². The molecule has 2 aliphatic rings. The van der Waals surface area contributed by atoms with Gasteiger partial charge in [-0.05, 0) is 56.2 Å². The van der Waals surface area contributed by atoms with Crippen molar-refractivity contribution >= 4 is 0 Å². The highest BCUT2D eigenvalue weighted by Gasteiger charge is 2.26. The fourth-order valence-corrected chi connectivity index (χ4v) is 3.51. The number of benzene rings is 1. The molecule has 1 aromatic rings. The minimum absolute atomic E-state index is 0.0288. The van der Waals surface area contributed by atoms with Crippen molar-refractivity contribution in [1.82, 2.24) is 10.6 Å². The van der Waals surface area contributed by atoms with Gasteiger partial charge in [-0.25, -0.2) is 4.39 Å². The Bertz CT molecular complexity index is 407. The van der Waals surface area contributed by atoms with Gasteiger partial charge in [0.15, 0.2) is 0 Å². The lowest BCUT2D eigenvalue weighted by molar-refractivity contribution is 0.316. The monoisotopic (exact) mass is 262 g/mol. The molecule has 1 atom stereocenters. The molecule has 2 fully saturated rings. The van der Waals surface area contributed by atoms with Crippen LogP contribution in [-0.2, 0) is 0 Å². The topological polar surface area (TPSA) is 24.1 Å². The lowest BCUT2D eigenvalue weighted by atomic mass is 9.81. The molecule has 1 aromatic carbocycles. The summed E-state index contributed by atoms with van der Waals surface area (Å²) in [6.07, 6.45) is 5.82. The molecule has 1 unspecified atom stereocenters. The molecule has 104 valence electrons. The summed E-state index contributed by atoms with van der Waals surface area (Å²) in [4.78, 5) is 0. The van der Waals surface area contributed by atoms with Gasteiger partial charge in [-0.15, -0.1) is 0 Å². The molecule has 1 aliphatic heterocycles. The third kappa shape index (κ3) is 3.15. The molecule has 1 aliphatic carbocycles. The van der Waals surface area contributed by atoms with E-state index in [1.807, 2.05) is 12.1 Å². The maximum Gasteiger partial charge on any atom is 0.126 e. The van der Waals surface area contributed by atoms with Crippen LogP contribution in [0.4, 0.5) is 4.39 Å². The molecule has 0 radical (unpaired) electrons. The molecule has 3 rings (SSSR count). The Kier molecular flexibility index (Phi) is 4.14. The van der Waals surface area contributed by atoms with Gasteiger partial charge in [0.2, 0.25) is 0 Å². The Morgan fingerprint density at radius 3 is 2.47 bits per heavy atom. The zero-order chi connectivity index (χ0) is 13.1. The Morgan fingerprint density at radius 2 is 1.79 bits per heavy atom. The van der Waals surface area contributed by atoms with E-state index in [4.69, 9.17) is 0 Å². The van der Waals surface area contributed by atoms with E-state index >= 15 is 0 Å². The Labute approximate surface area is 114 Å². The van der Waals surface area contributed by atoms with Crippen molar-refractivity contribution in [2.45, 2.75) is 50.1 Å². The van der Waals surface area contributed by atoms with Crippen LogP contribution >= 0.6 is 0 Å². The fraction of sp³-hybridized carbons (Fsp3) is 0.625. The van der Waals surface area contributed by atoms with Gasteiger partial charge in [0.05, 0.1) is 0 Å². The van der Waals surface area contributed by atoms with E-state index in [9.17, 15) is 4.39 Å². The molecular weight excluding hydrogens is 239 g/mol. The van der Waals surface area contributed by atoms with Crippen molar-refractivity contribution < 1.29 is 4.39 Å². The van der Waals surface area contributed by atoms with Crippen molar-refractivity contribution in [2.75, 3.05) is 13.1 Å². The van der Waals surface area contributed by atoms with Gasteiger partial charge in [0.25, 0.3) is 0 Å². The first-order valence-corrected chi connectivity index (χ1v) is 7.54. The highest BCUT2D eigenvalue weighted by Crippen LogP contribution is 2.34. The van der Waals surface area contributed by atoms with E-state index < -0.39 is 0 Å². The third-order valence-electron chi connectivity index (χ3n) is 4.60. The van der Waals surface area contributed by atoms with E-state index in [1.165, 1.54) is 19.3 Å². The van der Waals surface area contributed by atoms with Crippen LogP contribution < -0.4 is 10.6 Å². The van der Waals surface area contributed by atoms with Crippen molar-refractivity contribution in [2.24, 2.45) is 0 Å². The zero-order valence-electron chi connectivity index (χ0n) is 11.4. The SMILES string of the molecule is Fc1ccccc1C1CCC(NC2CCNC2)CC1. The summed E-state index contributed by atoms with van der Waals surface area (Å²) in [5, 5.41) is 7.14. The largest absolute Gasteiger partial charge is 0.315 e. The van der Waals surface area contributed by atoms with Gasteiger partial charge < -0.3 is 10.6 Å². The van der Waals surface area contributed by atoms with Crippen LogP contribution in [0, 0.1) is 5.82 Å². The molecule has 0 amide bonds. The molecule has 19 heavy (non-hydrogen) atoms. The minimum Gasteiger partial charge on any atom is -0.315 e. The van der Waals surface area contributed by atoms with Crippen LogP contribution in [0.5, 0.6) is 0 Å². The third-order valence-corrected chi connectivity index (χ3v) is 4.60. The van der Waals surface area contributed by atoms with E-state index in [2.05, 4.69) is 10.6 Å². The highest BCUT2D eigenvalue weighted by atomic mass is 19.1. The number of halogens is 1. The predicted octanol–water partition coefficient (Wildman–Crippen LogP) is 2.80. The lowest BCUT2D eigenvalue weighted by Gasteiger charge is -2.31. The average molecular weight is 262 g/mol. The summed E-state index contributed by atoms with van der Waals surface area (Å²) in [6, 6.07) is 8.55. The number of hydrogen-bond donors (Lipinski definition) is 2. The standard InChI is InChI=1S/C16H23FN2/c17-16-4-2-1-3-15(16)12-5-7-13(8-6-12)19-14-9-10-18-11-14/h1-4,12-14,18-19H,5-11H2. The molecule has 2 N–H and O–H groups in total. The first-order chi connectivity index (χ1) is 9.33. The van der Waals surface area contributed by atoms with Gasteiger partial charge in [-0.3, -0.25) is 0 Å². The summed E-state index contributed by atoms with van der Waals surface area (Å²) >= 11 is 0. The van der Waals surface area contributed by atoms with Gasteiger partial charge >= 0.3 is 0 Å². The normalized spacial score (nSPS) is 31.5. The van der Waals surface area contributed by atoms with Crippen LogP contribution in [0.2, 0.25) is 0 Å². The first kappa shape index (κ1) is 13.1. The first-order valence-electron chi connectivity index (χ1n) is 7.54. The van der Waals surface area contributed by atoms with Gasteiger partial charge in [0.1, 0.15) is 5.82 Å². The second-order valence-electron chi connectivity index (χ2n) is 5.93. The van der Waals surface area contributed by atoms with Crippen LogP contribution in [0.3, 0.4) is 0 Å². The summed E-state index contributed by atoms with van der Waals surface area (Å²) in [6.45, 7) is 2.25. The van der Waals surface area contributed by atoms with E-state index in [0.29, 0.717) is 18.0 Å². The molecule has 1 saturated carbocycles. The Morgan fingerprint density at radius 1 is 1.00 bits per heavy atom. The summed E-state index contributed by atoms with van der Waals surface area (Å²) in [5.74, 6) is 0.389. The minimum atomic E-state index is -0.0288. The van der Waals surface area contributed by atoms with Crippen molar-refractivity contribution in [1.29, 1.82) is 0 Å². The quantitative estimate of drug-likeness (QED) is 0.875. The second kappa shape index (κ2) is 6.02. The summed E-state index contributed by atoms with van der Waals surface area (Å²) < 4.78 is 13.8. The lowest BCUT2D eigenvalue weighted by Crippen LogP contribution is -2.41. The van der Waals surface area contributed by atoms with Crippen LogP contribution in [0.15, 0.2) is 24.3 Å². The average Bonchev–Trinajstić information content (AvgIpc) is 2.93. The van der Waals surface area contributed by atoms with Crippen LogP contribution in [0.25, 0.3) is 0 Å². The Balaban J connectivity index is 1.53. The molecule has 1 saturated heterocycles. The molecule has 2 nitrogen and oxygen atoms in total. The molecule has 0 bridgehead atoms. The smallest absolute Gasteiger partial charge is 0.126 e. The van der Waals surface area contributed by atoms with Crippen LogP contribution in [0.1, 0.15) is 43.6 Å². The van der Waals surface area contributed by atoms with Crippen molar-refractivity contribution in [3.63, 3.8) is 0 Å². The zero-order valence-corrected chi connectivity index (χ0v) is 11.4. The van der Waals surface area contributed by atoms with Gasteiger partial charge in [-0.2, -0.15) is 0 Å². The summed E-state index contributed by atoms with van der Waals surface area (Å²) in [7, 11) is 0. The second-order valence-corrected chi connectivity index (χ2v) is 5.93.